The summed E-state index contributed by atoms with van der Waals surface area (Å²) in [5.41, 5.74) is 23.7. The highest BCUT2D eigenvalue weighted by atomic mass is 15.2. The Kier molecular flexibility index (Phi) is 8.60. The van der Waals surface area contributed by atoms with Gasteiger partial charge >= 0.3 is 0 Å². The van der Waals surface area contributed by atoms with E-state index in [4.69, 9.17) is 0 Å². The van der Waals surface area contributed by atoms with Crippen LogP contribution in [0.3, 0.4) is 0 Å². The van der Waals surface area contributed by atoms with Gasteiger partial charge in [-0.2, -0.15) is 0 Å². The number of aryl methyl sites for hydroxylation is 1. The summed E-state index contributed by atoms with van der Waals surface area (Å²) in [6.07, 6.45) is 0. The Balaban J connectivity index is 1.14. The van der Waals surface area contributed by atoms with Gasteiger partial charge in [0.05, 0.1) is 22.7 Å². The molecule has 2 nitrogen and oxygen atoms in total. The van der Waals surface area contributed by atoms with Crippen molar-refractivity contribution in [1.82, 2.24) is 0 Å². The molecule has 0 saturated carbocycles. The van der Waals surface area contributed by atoms with Crippen LogP contribution in [0, 0.1) is 6.92 Å². The van der Waals surface area contributed by atoms with Gasteiger partial charge in [-0.05, 0) is 150 Å². The second-order valence-corrected chi connectivity index (χ2v) is 21.0. The predicted octanol–water partition coefficient (Wildman–Crippen LogP) is 18.2. The van der Waals surface area contributed by atoms with Crippen LogP contribution in [0.4, 0.5) is 34.1 Å². The van der Waals surface area contributed by atoms with Crippen molar-refractivity contribution in [3.05, 3.63) is 239 Å². The molecule has 68 heavy (non-hydrogen) atoms. The van der Waals surface area contributed by atoms with Gasteiger partial charge in [0.2, 0.25) is 0 Å². The van der Waals surface area contributed by atoms with E-state index in [9.17, 15) is 0 Å². The van der Waals surface area contributed by atoms with Gasteiger partial charge < -0.3 is 9.80 Å². The normalized spacial score (nSPS) is 15.6. The van der Waals surface area contributed by atoms with Crippen LogP contribution in [0.1, 0.15) is 80.5 Å². The SMILES string of the molecule is Cc1cccc(-c2c3ccc(N4c5ccccc5C(C)(C)c5ccccc54)cc3c(-c3ccc4c(c3)C(C)(C)c3ccccc3-4)c3ccc(N4c5ccccc5C(C)(C)c5ccccc54)cc23)c1. The number of fused-ring (bicyclic) bond motifs is 9. The molecule has 328 valence electrons. The standard InChI is InChI=1S/C66H54N2/c1-41-19-18-20-42(37-41)62-48-35-32-45(68-60-29-16-12-25-55(60)66(6,7)56-26-13-17-30-61(56)68)40-51(48)63(43-31-34-47-46-21-8-9-22-52(46)64(2,3)57(47)38-43)49-36-33-44(39-50(49)62)67-58-27-14-10-23-53(58)65(4,5)54-24-11-15-28-59(54)67/h8-40H,1-7H3. The van der Waals surface area contributed by atoms with E-state index in [1.807, 2.05) is 0 Å². The van der Waals surface area contributed by atoms with Gasteiger partial charge in [0.1, 0.15) is 0 Å². The lowest BCUT2D eigenvalue weighted by Gasteiger charge is -2.42. The van der Waals surface area contributed by atoms with E-state index in [1.54, 1.807) is 0 Å². The Bertz CT molecular complexity index is 3650. The van der Waals surface area contributed by atoms with Gasteiger partial charge in [0.25, 0.3) is 0 Å². The van der Waals surface area contributed by atoms with Crippen LogP contribution in [0.5, 0.6) is 0 Å². The van der Waals surface area contributed by atoms with Crippen LogP contribution >= 0.6 is 0 Å². The van der Waals surface area contributed by atoms with Crippen molar-refractivity contribution in [2.75, 3.05) is 9.80 Å². The lowest BCUT2D eigenvalue weighted by Crippen LogP contribution is -2.30. The topological polar surface area (TPSA) is 6.48 Å². The molecule has 0 spiro atoms. The molecule has 0 fully saturated rings. The first-order chi connectivity index (χ1) is 32.9. The van der Waals surface area contributed by atoms with Crippen LogP contribution in [0.15, 0.2) is 200 Å². The zero-order chi connectivity index (χ0) is 46.3. The van der Waals surface area contributed by atoms with Crippen molar-refractivity contribution < 1.29 is 0 Å². The molecule has 3 aliphatic rings. The largest absolute Gasteiger partial charge is 0.310 e. The van der Waals surface area contributed by atoms with Crippen molar-refractivity contribution in [3.63, 3.8) is 0 Å². The maximum atomic E-state index is 2.52. The van der Waals surface area contributed by atoms with Crippen molar-refractivity contribution >= 4 is 55.7 Å². The Hall–Kier alpha value is -7.68. The molecule has 0 radical (unpaired) electrons. The zero-order valence-corrected chi connectivity index (χ0v) is 39.9. The molecule has 0 aromatic heterocycles. The van der Waals surface area contributed by atoms with Crippen LogP contribution in [0.25, 0.3) is 54.9 Å². The van der Waals surface area contributed by atoms with Crippen molar-refractivity contribution in [1.29, 1.82) is 0 Å². The summed E-state index contributed by atoms with van der Waals surface area (Å²) in [6.45, 7) is 16.5. The lowest BCUT2D eigenvalue weighted by molar-refractivity contribution is 0.632. The molecule has 2 aliphatic heterocycles. The van der Waals surface area contributed by atoms with E-state index in [0.717, 1.165) is 11.4 Å². The fourth-order valence-electron chi connectivity index (χ4n) is 12.7. The van der Waals surface area contributed by atoms with Crippen LogP contribution in [-0.2, 0) is 16.2 Å². The summed E-state index contributed by atoms with van der Waals surface area (Å²) >= 11 is 0. The van der Waals surface area contributed by atoms with E-state index >= 15 is 0 Å². The molecule has 1 aliphatic carbocycles. The molecule has 0 atom stereocenters. The fourth-order valence-corrected chi connectivity index (χ4v) is 12.7. The molecule has 10 aromatic carbocycles. The Morgan fingerprint density at radius 2 is 0.691 bits per heavy atom. The molecule has 13 rings (SSSR count). The smallest absolute Gasteiger partial charge is 0.0502 e. The summed E-state index contributed by atoms with van der Waals surface area (Å²) < 4.78 is 0. The molecular formula is C66H54N2. The van der Waals surface area contributed by atoms with Crippen LogP contribution < -0.4 is 9.80 Å². The number of benzene rings is 10. The van der Waals surface area contributed by atoms with Gasteiger partial charge in [-0.3, -0.25) is 0 Å². The number of anilines is 6. The third-order valence-electron chi connectivity index (χ3n) is 16.1. The molecular weight excluding hydrogens is 821 g/mol. The first kappa shape index (κ1) is 40.6. The predicted molar refractivity (Wildman–Crippen MR) is 288 cm³/mol. The minimum atomic E-state index is -0.155. The van der Waals surface area contributed by atoms with Crippen LogP contribution in [0.2, 0.25) is 0 Å². The second kappa shape index (κ2) is 14.4. The second-order valence-electron chi connectivity index (χ2n) is 21.0. The van der Waals surface area contributed by atoms with Gasteiger partial charge in [0.15, 0.2) is 0 Å². The van der Waals surface area contributed by atoms with E-state index in [-0.39, 0.29) is 16.2 Å². The Labute approximate surface area is 400 Å². The summed E-state index contributed by atoms with van der Waals surface area (Å²) in [7, 11) is 0. The Morgan fingerprint density at radius 1 is 0.294 bits per heavy atom. The molecule has 2 heterocycles. The molecule has 2 heteroatoms. The molecule has 0 unspecified atom stereocenters. The summed E-state index contributed by atoms with van der Waals surface area (Å²) in [5.74, 6) is 0. The number of nitrogens with zero attached hydrogens (tertiary/aromatic N) is 2. The molecule has 0 amide bonds. The van der Waals surface area contributed by atoms with E-state index in [2.05, 4.69) is 258 Å². The number of hydrogen-bond donors (Lipinski definition) is 0. The minimum absolute atomic E-state index is 0.149. The highest BCUT2D eigenvalue weighted by Crippen LogP contribution is 2.57. The van der Waals surface area contributed by atoms with Gasteiger partial charge in [-0.1, -0.05) is 193 Å². The number of para-hydroxylation sites is 4. The van der Waals surface area contributed by atoms with Crippen LogP contribution in [-0.4, -0.2) is 0 Å². The van der Waals surface area contributed by atoms with Crippen molar-refractivity contribution in [3.8, 4) is 33.4 Å². The monoisotopic (exact) mass is 874 g/mol. The summed E-state index contributed by atoms with van der Waals surface area (Å²) in [4.78, 5) is 5.01. The first-order valence-electron chi connectivity index (χ1n) is 24.3. The average Bonchev–Trinajstić information content (AvgIpc) is 3.58. The van der Waals surface area contributed by atoms with Gasteiger partial charge in [0, 0.05) is 27.6 Å². The average molecular weight is 875 g/mol. The van der Waals surface area contributed by atoms with Crippen molar-refractivity contribution in [2.45, 2.75) is 64.7 Å². The third-order valence-corrected chi connectivity index (χ3v) is 16.1. The lowest BCUT2D eigenvalue weighted by atomic mass is 9.73. The third kappa shape index (κ3) is 5.64. The number of hydrogen-bond acceptors (Lipinski definition) is 2. The molecule has 0 N–H and O–H groups in total. The molecule has 10 aromatic rings. The number of rotatable bonds is 4. The van der Waals surface area contributed by atoms with E-state index < -0.39 is 0 Å². The van der Waals surface area contributed by atoms with Gasteiger partial charge in [-0.15, -0.1) is 0 Å². The summed E-state index contributed by atoms with van der Waals surface area (Å²) in [6, 6.07) is 76.0. The van der Waals surface area contributed by atoms with Gasteiger partial charge in [-0.25, -0.2) is 0 Å². The zero-order valence-electron chi connectivity index (χ0n) is 39.9. The molecule has 0 bridgehead atoms. The fraction of sp³-hybridized carbons (Fsp3) is 0.152. The quantitative estimate of drug-likeness (QED) is 0.163. The highest BCUT2D eigenvalue weighted by molar-refractivity contribution is 6.23. The maximum Gasteiger partial charge on any atom is 0.0502 e. The van der Waals surface area contributed by atoms with Crippen molar-refractivity contribution in [2.24, 2.45) is 0 Å². The first-order valence-corrected chi connectivity index (χ1v) is 24.3. The molecule has 0 saturated heterocycles. The highest BCUT2D eigenvalue weighted by Gasteiger charge is 2.39. The van der Waals surface area contributed by atoms with E-state index in [1.165, 1.54) is 117 Å². The maximum absolute atomic E-state index is 2.52. The minimum Gasteiger partial charge on any atom is -0.310 e. The van der Waals surface area contributed by atoms with E-state index in [0.29, 0.717) is 0 Å². The Morgan fingerprint density at radius 3 is 1.16 bits per heavy atom. The summed E-state index contributed by atoms with van der Waals surface area (Å²) in [5, 5.41) is 4.95.